The molecular weight excluding hydrogens is 366 g/mol. The summed E-state index contributed by atoms with van der Waals surface area (Å²) in [6.45, 7) is 2.84. The van der Waals surface area contributed by atoms with Gasteiger partial charge in [-0.05, 0) is 25.1 Å². The smallest absolute Gasteiger partial charge is 0.260 e. The molecule has 2 aromatic heterocycles. The van der Waals surface area contributed by atoms with Crippen molar-refractivity contribution in [3.05, 3.63) is 42.6 Å². The van der Waals surface area contributed by atoms with E-state index in [1.165, 1.54) is 11.8 Å². The number of thioether (sulfide) groups is 1. The van der Waals surface area contributed by atoms with E-state index < -0.39 is 0 Å². The van der Waals surface area contributed by atoms with E-state index in [0.717, 1.165) is 11.3 Å². The van der Waals surface area contributed by atoms with Crippen LogP contribution in [0.5, 0.6) is 11.6 Å². The molecule has 1 aliphatic rings. The molecule has 1 amide bonds. The number of ether oxygens (including phenoxy) is 2. The average molecular weight is 383 g/mol. The molecule has 27 heavy (non-hydrogen) atoms. The number of nitrogens with one attached hydrogen (secondary N) is 1. The lowest BCUT2D eigenvalue weighted by atomic mass is 10.2. The maximum absolute atomic E-state index is 12.2. The monoisotopic (exact) mass is 383 g/mol. The van der Waals surface area contributed by atoms with Crippen molar-refractivity contribution in [2.75, 3.05) is 17.9 Å². The molecule has 0 radical (unpaired) electrons. The van der Waals surface area contributed by atoms with Crippen LogP contribution in [-0.4, -0.2) is 38.2 Å². The van der Waals surface area contributed by atoms with Crippen LogP contribution < -0.4 is 14.8 Å². The lowest BCUT2D eigenvalue weighted by molar-refractivity contribution is -0.113. The third-order valence-corrected chi connectivity index (χ3v) is 4.88. The first-order valence-electron chi connectivity index (χ1n) is 8.41. The first-order chi connectivity index (χ1) is 13.2. The van der Waals surface area contributed by atoms with Gasteiger partial charge in [-0.15, -0.1) is 10.2 Å². The third kappa shape index (κ3) is 3.72. The first kappa shape index (κ1) is 17.3. The summed E-state index contributed by atoms with van der Waals surface area (Å²) < 4.78 is 12.6. The molecule has 0 bridgehead atoms. The van der Waals surface area contributed by atoms with Crippen LogP contribution in [0.25, 0.3) is 11.4 Å². The Kier molecular flexibility index (Phi) is 4.93. The highest BCUT2D eigenvalue weighted by atomic mass is 32.2. The number of nitrogens with zero attached hydrogens (tertiary/aromatic N) is 4. The van der Waals surface area contributed by atoms with Crippen molar-refractivity contribution in [1.82, 2.24) is 19.7 Å². The van der Waals surface area contributed by atoms with Gasteiger partial charge in [0.25, 0.3) is 5.88 Å². The number of aromatic nitrogens is 4. The van der Waals surface area contributed by atoms with E-state index in [1.54, 1.807) is 6.20 Å². The summed E-state index contributed by atoms with van der Waals surface area (Å²) in [6.07, 6.45) is 1.68. The number of benzene rings is 1. The number of hydrogen-bond donors (Lipinski definition) is 1. The zero-order valence-electron chi connectivity index (χ0n) is 14.6. The summed E-state index contributed by atoms with van der Waals surface area (Å²) in [5.41, 5.74) is 1.56. The van der Waals surface area contributed by atoms with Gasteiger partial charge in [-0.3, -0.25) is 4.79 Å². The zero-order valence-corrected chi connectivity index (χ0v) is 15.4. The molecule has 0 atom stereocenters. The van der Waals surface area contributed by atoms with E-state index in [4.69, 9.17) is 9.47 Å². The van der Waals surface area contributed by atoms with Gasteiger partial charge in [0.05, 0.1) is 5.75 Å². The molecule has 1 aromatic carbocycles. The topological polar surface area (TPSA) is 91.2 Å². The predicted molar refractivity (Wildman–Crippen MR) is 101 cm³/mol. The number of amides is 1. The van der Waals surface area contributed by atoms with Gasteiger partial charge in [0.1, 0.15) is 0 Å². The van der Waals surface area contributed by atoms with Crippen LogP contribution in [0.1, 0.15) is 6.92 Å². The maximum Gasteiger partial charge on any atom is 0.260 e. The highest BCUT2D eigenvalue weighted by molar-refractivity contribution is 7.99. The van der Waals surface area contributed by atoms with Crippen LogP contribution in [0, 0.1) is 0 Å². The molecule has 0 saturated heterocycles. The molecule has 4 rings (SSSR count). The molecule has 138 valence electrons. The van der Waals surface area contributed by atoms with Crippen LogP contribution in [0.4, 0.5) is 5.69 Å². The Morgan fingerprint density at radius 1 is 1.26 bits per heavy atom. The van der Waals surface area contributed by atoms with Crippen molar-refractivity contribution in [2.24, 2.45) is 0 Å². The SMILES string of the molecule is CCn1c(SCC(=O)Nc2ccccc2)nnc1-c1cnc2c(c1)OCO2. The highest BCUT2D eigenvalue weighted by Gasteiger charge is 2.20. The van der Waals surface area contributed by atoms with Gasteiger partial charge < -0.3 is 19.4 Å². The van der Waals surface area contributed by atoms with Gasteiger partial charge in [-0.2, -0.15) is 0 Å². The Labute approximate surface area is 159 Å². The minimum atomic E-state index is -0.0943. The van der Waals surface area contributed by atoms with Crippen molar-refractivity contribution in [2.45, 2.75) is 18.6 Å². The number of rotatable bonds is 6. The molecule has 0 unspecified atom stereocenters. The number of anilines is 1. The van der Waals surface area contributed by atoms with Gasteiger partial charge in [0.15, 0.2) is 16.7 Å². The van der Waals surface area contributed by atoms with Crippen molar-refractivity contribution < 1.29 is 14.3 Å². The maximum atomic E-state index is 12.2. The van der Waals surface area contributed by atoms with Crippen LogP contribution in [0.15, 0.2) is 47.8 Å². The molecule has 3 heterocycles. The number of para-hydroxylation sites is 1. The second-order valence-corrected chi connectivity index (χ2v) is 6.63. The number of hydrogen-bond acceptors (Lipinski definition) is 7. The van der Waals surface area contributed by atoms with E-state index >= 15 is 0 Å². The first-order valence-corrected chi connectivity index (χ1v) is 9.40. The Morgan fingerprint density at radius 2 is 2.11 bits per heavy atom. The molecule has 8 nitrogen and oxygen atoms in total. The summed E-state index contributed by atoms with van der Waals surface area (Å²) >= 11 is 1.34. The average Bonchev–Trinajstić information content (AvgIpc) is 3.32. The van der Waals surface area contributed by atoms with Crippen LogP contribution >= 0.6 is 11.8 Å². The predicted octanol–water partition coefficient (Wildman–Crippen LogP) is 2.82. The number of pyridine rings is 1. The van der Waals surface area contributed by atoms with Crippen molar-refractivity contribution in [3.8, 4) is 23.0 Å². The Morgan fingerprint density at radius 3 is 2.93 bits per heavy atom. The van der Waals surface area contributed by atoms with Gasteiger partial charge >= 0.3 is 0 Å². The second kappa shape index (κ2) is 7.67. The standard InChI is InChI=1S/C18H17N5O3S/c1-2-23-16(12-8-14-17(19-9-12)26-11-25-14)21-22-18(23)27-10-15(24)20-13-6-4-3-5-7-13/h3-9H,2,10-11H2,1H3,(H,20,24). The van der Waals surface area contributed by atoms with Gasteiger partial charge in [-0.25, -0.2) is 4.98 Å². The zero-order chi connectivity index (χ0) is 18.6. The van der Waals surface area contributed by atoms with Crippen LogP contribution in [-0.2, 0) is 11.3 Å². The lowest BCUT2D eigenvalue weighted by Gasteiger charge is -2.08. The molecule has 9 heteroatoms. The molecule has 0 spiro atoms. The summed E-state index contributed by atoms with van der Waals surface area (Å²) in [4.78, 5) is 16.4. The van der Waals surface area contributed by atoms with Crippen molar-refractivity contribution >= 4 is 23.4 Å². The highest BCUT2D eigenvalue weighted by Crippen LogP contribution is 2.33. The lowest BCUT2D eigenvalue weighted by Crippen LogP contribution is -2.14. The van der Waals surface area contributed by atoms with Gasteiger partial charge in [0.2, 0.25) is 12.7 Å². The van der Waals surface area contributed by atoms with Gasteiger partial charge in [-0.1, -0.05) is 30.0 Å². The van der Waals surface area contributed by atoms with E-state index in [9.17, 15) is 4.79 Å². The Hall–Kier alpha value is -3.07. The fraction of sp³-hybridized carbons (Fsp3) is 0.222. The fourth-order valence-electron chi connectivity index (χ4n) is 2.66. The van der Waals surface area contributed by atoms with E-state index in [2.05, 4.69) is 20.5 Å². The Balaban J connectivity index is 1.47. The van der Waals surface area contributed by atoms with Crippen molar-refractivity contribution in [1.29, 1.82) is 0 Å². The number of fused-ring (bicyclic) bond motifs is 1. The molecular formula is C18H17N5O3S. The third-order valence-electron chi connectivity index (χ3n) is 3.91. The molecule has 0 fully saturated rings. The molecule has 1 aliphatic heterocycles. The number of carbonyl (C=O) groups excluding carboxylic acids is 1. The summed E-state index contributed by atoms with van der Waals surface area (Å²) in [5, 5.41) is 12.0. The molecule has 3 aromatic rings. The van der Waals surface area contributed by atoms with Crippen LogP contribution in [0.3, 0.4) is 0 Å². The quantitative estimate of drug-likeness (QED) is 0.655. The minimum absolute atomic E-state index is 0.0943. The summed E-state index contributed by atoms with van der Waals surface area (Å²) in [5.74, 6) is 1.90. The largest absolute Gasteiger partial charge is 0.452 e. The van der Waals surface area contributed by atoms with E-state index in [-0.39, 0.29) is 18.5 Å². The second-order valence-electron chi connectivity index (χ2n) is 5.69. The van der Waals surface area contributed by atoms with E-state index in [0.29, 0.717) is 29.2 Å². The van der Waals surface area contributed by atoms with Crippen molar-refractivity contribution in [3.63, 3.8) is 0 Å². The summed E-state index contributed by atoms with van der Waals surface area (Å²) in [7, 11) is 0. The van der Waals surface area contributed by atoms with Gasteiger partial charge in [0, 0.05) is 24.0 Å². The fourth-order valence-corrected chi connectivity index (χ4v) is 3.46. The molecule has 1 N–H and O–H groups in total. The number of carbonyl (C=O) groups is 1. The molecule has 0 aliphatic carbocycles. The van der Waals surface area contributed by atoms with E-state index in [1.807, 2.05) is 47.9 Å². The molecule has 0 saturated carbocycles. The minimum Gasteiger partial charge on any atom is -0.452 e. The normalized spacial score (nSPS) is 12.2. The Bertz CT molecular complexity index is 961. The van der Waals surface area contributed by atoms with Crippen LogP contribution in [0.2, 0.25) is 0 Å². The summed E-state index contributed by atoms with van der Waals surface area (Å²) in [6, 6.07) is 11.2.